The summed E-state index contributed by atoms with van der Waals surface area (Å²) in [6.45, 7) is 9.04. The van der Waals surface area contributed by atoms with E-state index in [0.29, 0.717) is 18.6 Å². The highest BCUT2D eigenvalue weighted by Gasteiger charge is 2.21. The highest BCUT2D eigenvalue weighted by atomic mass is 35.5. The molecule has 0 spiro atoms. The lowest BCUT2D eigenvalue weighted by atomic mass is 10.1. The predicted octanol–water partition coefficient (Wildman–Crippen LogP) is 2.74. The van der Waals surface area contributed by atoms with Crippen LogP contribution in [0.2, 0.25) is 0 Å². The van der Waals surface area contributed by atoms with Crippen molar-refractivity contribution in [3.8, 4) is 0 Å². The molecule has 0 bridgehead atoms. The molecule has 0 aromatic heterocycles. The van der Waals surface area contributed by atoms with Crippen LogP contribution in [0.3, 0.4) is 0 Å². The SMILES string of the molecule is Cc1ccc(F)c(CN2CC(C)NC(C)C2)c1.Cl. The molecule has 4 heteroatoms. The van der Waals surface area contributed by atoms with Gasteiger partial charge >= 0.3 is 0 Å². The van der Waals surface area contributed by atoms with Gasteiger partial charge in [0, 0.05) is 37.3 Å². The van der Waals surface area contributed by atoms with Crippen LogP contribution in [0.5, 0.6) is 0 Å². The van der Waals surface area contributed by atoms with Crippen molar-refractivity contribution in [1.82, 2.24) is 10.2 Å². The third-order valence-corrected chi connectivity index (χ3v) is 3.23. The summed E-state index contributed by atoms with van der Waals surface area (Å²) in [5.41, 5.74) is 1.93. The number of piperazine rings is 1. The normalized spacial score (nSPS) is 24.7. The van der Waals surface area contributed by atoms with Gasteiger partial charge in [-0.25, -0.2) is 4.39 Å². The van der Waals surface area contributed by atoms with Crippen LogP contribution in [0.25, 0.3) is 0 Å². The summed E-state index contributed by atoms with van der Waals surface area (Å²) in [5.74, 6) is -0.0885. The monoisotopic (exact) mass is 272 g/mol. The Bertz CT molecular complexity index is 387. The molecule has 1 aliphatic heterocycles. The van der Waals surface area contributed by atoms with Crippen molar-refractivity contribution in [3.63, 3.8) is 0 Å². The number of nitrogens with one attached hydrogen (secondary N) is 1. The highest BCUT2D eigenvalue weighted by molar-refractivity contribution is 5.85. The van der Waals surface area contributed by atoms with Crippen molar-refractivity contribution >= 4 is 12.4 Å². The van der Waals surface area contributed by atoms with Gasteiger partial charge < -0.3 is 5.32 Å². The van der Waals surface area contributed by atoms with Gasteiger partial charge in [0.1, 0.15) is 5.82 Å². The lowest BCUT2D eigenvalue weighted by Crippen LogP contribution is -2.53. The second kappa shape index (κ2) is 6.50. The van der Waals surface area contributed by atoms with Gasteiger partial charge in [-0.2, -0.15) is 0 Å². The molecule has 1 saturated heterocycles. The Hall–Kier alpha value is -0.640. The van der Waals surface area contributed by atoms with Crippen LogP contribution in [-0.4, -0.2) is 30.1 Å². The van der Waals surface area contributed by atoms with Crippen LogP contribution in [0.15, 0.2) is 18.2 Å². The first-order valence-electron chi connectivity index (χ1n) is 6.28. The number of hydrogen-bond donors (Lipinski definition) is 1. The van der Waals surface area contributed by atoms with Crippen molar-refractivity contribution in [2.45, 2.75) is 39.4 Å². The van der Waals surface area contributed by atoms with Crippen LogP contribution in [-0.2, 0) is 6.54 Å². The van der Waals surface area contributed by atoms with Gasteiger partial charge in [-0.15, -0.1) is 12.4 Å². The molecule has 1 fully saturated rings. The largest absolute Gasteiger partial charge is 0.309 e. The zero-order chi connectivity index (χ0) is 12.4. The second-order valence-electron chi connectivity index (χ2n) is 5.26. The van der Waals surface area contributed by atoms with Crippen molar-refractivity contribution < 1.29 is 4.39 Å². The van der Waals surface area contributed by atoms with E-state index in [1.54, 1.807) is 6.07 Å². The molecule has 2 unspecified atom stereocenters. The fourth-order valence-corrected chi connectivity index (χ4v) is 2.63. The molecule has 1 aromatic carbocycles. The van der Waals surface area contributed by atoms with E-state index in [4.69, 9.17) is 0 Å². The minimum Gasteiger partial charge on any atom is -0.309 e. The summed E-state index contributed by atoms with van der Waals surface area (Å²) >= 11 is 0. The van der Waals surface area contributed by atoms with Crippen molar-refractivity contribution in [1.29, 1.82) is 0 Å². The summed E-state index contributed by atoms with van der Waals surface area (Å²) in [7, 11) is 0. The van der Waals surface area contributed by atoms with Gasteiger partial charge in [0.15, 0.2) is 0 Å². The smallest absolute Gasteiger partial charge is 0.127 e. The highest BCUT2D eigenvalue weighted by Crippen LogP contribution is 2.15. The molecular weight excluding hydrogens is 251 g/mol. The molecular formula is C14H22ClFN2. The predicted molar refractivity (Wildman–Crippen MR) is 75.7 cm³/mol. The van der Waals surface area contributed by atoms with Crippen LogP contribution in [0.4, 0.5) is 4.39 Å². The van der Waals surface area contributed by atoms with E-state index >= 15 is 0 Å². The first-order chi connectivity index (χ1) is 8.04. The first kappa shape index (κ1) is 15.4. The number of benzene rings is 1. The Balaban J connectivity index is 0.00000162. The number of rotatable bonds is 2. The average Bonchev–Trinajstić information content (AvgIpc) is 2.22. The van der Waals surface area contributed by atoms with E-state index in [1.165, 1.54) is 0 Å². The van der Waals surface area contributed by atoms with E-state index in [9.17, 15) is 4.39 Å². The molecule has 0 saturated carbocycles. The molecule has 2 nitrogen and oxygen atoms in total. The number of nitrogens with zero attached hydrogens (tertiary/aromatic N) is 1. The van der Waals surface area contributed by atoms with E-state index in [1.807, 2.05) is 19.1 Å². The molecule has 0 amide bonds. The Labute approximate surface area is 115 Å². The number of halogens is 2. The van der Waals surface area contributed by atoms with Gasteiger partial charge in [0.2, 0.25) is 0 Å². The number of aryl methyl sites for hydroxylation is 1. The zero-order valence-electron chi connectivity index (χ0n) is 11.2. The lowest BCUT2D eigenvalue weighted by molar-refractivity contribution is 0.165. The lowest BCUT2D eigenvalue weighted by Gasteiger charge is -2.36. The molecule has 0 aliphatic carbocycles. The van der Waals surface area contributed by atoms with Gasteiger partial charge in [-0.05, 0) is 26.8 Å². The molecule has 2 atom stereocenters. The zero-order valence-corrected chi connectivity index (χ0v) is 12.1. The molecule has 1 aromatic rings. The van der Waals surface area contributed by atoms with E-state index < -0.39 is 0 Å². The van der Waals surface area contributed by atoms with Gasteiger partial charge in [-0.3, -0.25) is 4.90 Å². The van der Waals surface area contributed by atoms with Crippen LogP contribution in [0.1, 0.15) is 25.0 Å². The van der Waals surface area contributed by atoms with Crippen LogP contribution in [0, 0.1) is 12.7 Å². The van der Waals surface area contributed by atoms with Crippen LogP contribution >= 0.6 is 12.4 Å². The van der Waals surface area contributed by atoms with Crippen LogP contribution < -0.4 is 5.32 Å². The molecule has 18 heavy (non-hydrogen) atoms. The summed E-state index contributed by atoms with van der Waals surface area (Å²) in [4.78, 5) is 2.32. The molecule has 2 rings (SSSR count). The molecule has 1 aliphatic rings. The van der Waals surface area contributed by atoms with Gasteiger partial charge in [-0.1, -0.05) is 17.7 Å². The molecule has 0 radical (unpaired) electrons. The topological polar surface area (TPSA) is 15.3 Å². The van der Waals surface area contributed by atoms with E-state index in [0.717, 1.165) is 24.2 Å². The first-order valence-corrected chi connectivity index (χ1v) is 6.28. The van der Waals surface area contributed by atoms with Crippen molar-refractivity contribution in [2.24, 2.45) is 0 Å². The quantitative estimate of drug-likeness (QED) is 0.891. The minimum absolute atomic E-state index is 0. The maximum Gasteiger partial charge on any atom is 0.127 e. The molecule has 102 valence electrons. The number of hydrogen-bond acceptors (Lipinski definition) is 2. The third kappa shape index (κ3) is 3.94. The fraction of sp³-hybridized carbons (Fsp3) is 0.571. The van der Waals surface area contributed by atoms with Gasteiger partial charge in [0.25, 0.3) is 0 Å². The van der Waals surface area contributed by atoms with Crippen molar-refractivity contribution in [3.05, 3.63) is 35.1 Å². The Morgan fingerprint density at radius 3 is 2.50 bits per heavy atom. The third-order valence-electron chi connectivity index (χ3n) is 3.23. The molecule has 1 heterocycles. The summed E-state index contributed by atoms with van der Waals surface area (Å²) in [6.07, 6.45) is 0. The van der Waals surface area contributed by atoms with E-state index in [-0.39, 0.29) is 18.2 Å². The summed E-state index contributed by atoms with van der Waals surface area (Å²) in [6, 6.07) is 6.30. The summed E-state index contributed by atoms with van der Waals surface area (Å²) in [5, 5.41) is 3.49. The Morgan fingerprint density at radius 2 is 1.89 bits per heavy atom. The fourth-order valence-electron chi connectivity index (χ4n) is 2.63. The summed E-state index contributed by atoms with van der Waals surface area (Å²) < 4.78 is 13.7. The molecule has 1 N–H and O–H groups in total. The van der Waals surface area contributed by atoms with E-state index in [2.05, 4.69) is 24.1 Å². The Morgan fingerprint density at radius 1 is 1.28 bits per heavy atom. The standard InChI is InChI=1S/C14H21FN2.ClH/c1-10-4-5-14(15)13(6-10)9-17-7-11(2)16-12(3)8-17;/h4-6,11-12,16H,7-9H2,1-3H3;1H. The maximum absolute atomic E-state index is 13.7. The average molecular weight is 273 g/mol. The second-order valence-corrected chi connectivity index (χ2v) is 5.26. The minimum atomic E-state index is -0.0885. The van der Waals surface area contributed by atoms with Gasteiger partial charge in [0.05, 0.1) is 0 Å². The Kier molecular flexibility index (Phi) is 5.57. The maximum atomic E-state index is 13.7. The van der Waals surface area contributed by atoms with Crippen molar-refractivity contribution in [2.75, 3.05) is 13.1 Å².